The second-order valence-corrected chi connectivity index (χ2v) is 4.02. The Morgan fingerprint density at radius 1 is 1.32 bits per heavy atom. The summed E-state index contributed by atoms with van der Waals surface area (Å²) in [5, 5.41) is 3.21. The van der Waals surface area contributed by atoms with E-state index in [0.29, 0.717) is 6.54 Å². The molecule has 0 atom stereocenters. The fourth-order valence-electron chi connectivity index (χ4n) is 1.60. The molecule has 98 valence electrons. The summed E-state index contributed by atoms with van der Waals surface area (Å²) in [4.78, 5) is 15.3. The van der Waals surface area contributed by atoms with Gasteiger partial charge < -0.3 is 15.8 Å². The van der Waals surface area contributed by atoms with Crippen molar-refractivity contribution in [2.75, 3.05) is 18.2 Å². The fraction of sp³-hybridized carbons (Fsp3) is 0.143. The molecule has 1 heterocycles. The SMILES string of the molecule is COC(=O)c1cc(NCc2ccc(N)cc2)ccn1. The number of pyridine rings is 1. The van der Waals surface area contributed by atoms with Gasteiger partial charge in [-0.25, -0.2) is 9.78 Å². The lowest BCUT2D eigenvalue weighted by Crippen LogP contribution is -2.06. The van der Waals surface area contributed by atoms with E-state index < -0.39 is 5.97 Å². The molecule has 0 saturated carbocycles. The van der Waals surface area contributed by atoms with Crippen molar-refractivity contribution in [2.45, 2.75) is 6.54 Å². The number of benzene rings is 1. The third kappa shape index (κ3) is 3.45. The number of rotatable bonds is 4. The van der Waals surface area contributed by atoms with Crippen LogP contribution in [-0.2, 0) is 11.3 Å². The maximum atomic E-state index is 11.4. The number of nitrogen functional groups attached to an aromatic ring is 1. The number of nitrogens with one attached hydrogen (secondary N) is 1. The summed E-state index contributed by atoms with van der Waals surface area (Å²) in [6, 6.07) is 11.1. The van der Waals surface area contributed by atoms with Crippen molar-refractivity contribution < 1.29 is 9.53 Å². The van der Waals surface area contributed by atoms with Gasteiger partial charge in [-0.3, -0.25) is 0 Å². The summed E-state index contributed by atoms with van der Waals surface area (Å²) in [5.74, 6) is -0.448. The highest BCUT2D eigenvalue weighted by Gasteiger charge is 2.07. The van der Waals surface area contributed by atoms with Gasteiger partial charge in [0.25, 0.3) is 0 Å². The van der Waals surface area contributed by atoms with Gasteiger partial charge in [-0.2, -0.15) is 0 Å². The van der Waals surface area contributed by atoms with E-state index in [1.165, 1.54) is 7.11 Å². The number of hydrogen-bond acceptors (Lipinski definition) is 5. The Hall–Kier alpha value is -2.56. The van der Waals surface area contributed by atoms with Gasteiger partial charge in [0, 0.05) is 24.1 Å². The van der Waals surface area contributed by atoms with Gasteiger partial charge >= 0.3 is 5.97 Å². The molecule has 0 amide bonds. The molecule has 3 N–H and O–H groups in total. The van der Waals surface area contributed by atoms with E-state index in [2.05, 4.69) is 15.0 Å². The van der Waals surface area contributed by atoms with E-state index in [9.17, 15) is 4.79 Å². The largest absolute Gasteiger partial charge is 0.464 e. The van der Waals surface area contributed by atoms with Crippen LogP contribution in [0.4, 0.5) is 11.4 Å². The molecule has 0 saturated heterocycles. The molecule has 0 radical (unpaired) electrons. The highest BCUT2D eigenvalue weighted by atomic mass is 16.5. The number of anilines is 2. The van der Waals surface area contributed by atoms with Crippen LogP contribution in [0.15, 0.2) is 42.6 Å². The van der Waals surface area contributed by atoms with E-state index in [1.807, 2.05) is 24.3 Å². The molecular formula is C14H15N3O2. The maximum Gasteiger partial charge on any atom is 0.356 e. The van der Waals surface area contributed by atoms with Gasteiger partial charge in [-0.1, -0.05) is 12.1 Å². The lowest BCUT2D eigenvalue weighted by Gasteiger charge is -2.07. The molecule has 1 aromatic heterocycles. The van der Waals surface area contributed by atoms with Crippen molar-refractivity contribution >= 4 is 17.3 Å². The Morgan fingerprint density at radius 2 is 2.05 bits per heavy atom. The Morgan fingerprint density at radius 3 is 2.74 bits per heavy atom. The number of ether oxygens (including phenoxy) is 1. The highest BCUT2D eigenvalue weighted by Crippen LogP contribution is 2.12. The van der Waals surface area contributed by atoms with E-state index >= 15 is 0 Å². The monoisotopic (exact) mass is 257 g/mol. The van der Waals surface area contributed by atoms with Crippen LogP contribution in [0.2, 0.25) is 0 Å². The average Bonchev–Trinajstić information content (AvgIpc) is 2.46. The molecule has 0 bridgehead atoms. The summed E-state index contributed by atoms with van der Waals surface area (Å²) >= 11 is 0. The zero-order valence-corrected chi connectivity index (χ0v) is 10.6. The summed E-state index contributed by atoms with van der Waals surface area (Å²) in [7, 11) is 1.33. The third-order valence-corrected chi connectivity index (χ3v) is 2.63. The van der Waals surface area contributed by atoms with Gasteiger partial charge in [-0.15, -0.1) is 0 Å². The minimum absolute atomic E-state index is 0.282. The molecular weight excluding hydrogens is 242 g/mol. The minimum atomic E-state index is -0.448. The number of nitrogens with two attached hydrogens (primary N) is 1. The number of hydrogen-bond donors (Lipinski definition) is 2. The standard InChI is InChI=1S/C14H15N3O2/c1-19-14(18)13-8-12(6-7-16-13)17-9-10-2-4-11(15)5-3-10/h2-8H,9,15H2,1H3,(H,16,17). The number of carbonyl (C=O) groups is 1. The van der Waals surface area contributed by atoms with Gasteiger partial charge in [0.2, 0.25) is 0 Å². The topological polar surface area (TPSA) is 77.2 Å². The molecule has 0 aliphatic heterocycles. The average molecular weight is 257 g/mol. The van der Waals surface area contributed by atoms with Crippen molar-refractivity contribution in [2.24, 2.45) is 0 Å². The quantitative estimate of drug-likeness (QED) is 0.647. The number of aromatic nitrogens is 1. The Balaban J connectivity index is 2.03. The van der Waals surface area contributed by atoms with Gasteiger partial charge in [-0.05, 0) is 29.8 Å². The number of esters is 1. The molecule has 1 aromatic carbocycles. The van der Waals surface area contributed by atoms with E-state index in [4.69, 9.17) is 5.73 Å². The Bertz CT molecular complexity index is 567. The first-order valence-electron chi connectivity index (χ1n) is 5.81. The second kappa shape index (κ2) is 5.86. The highest BCUT2D eigenvalue weighted by molar-refractivity contribution is 5.88. The Kier molecular flexibility index (Phi) is 3.97. The van der Waals surface area contributed by atoms with Crippen LogP contribution in [-0.4, -0.2) is 18.1 Å². The molecule has 0 aliphatic carbocycles. The molecule has 0 spiro atoms. The van der Waals surface area contributed by atoms with Gasteiger partial charge in [0.05, 0.1) is 7.11 Å². The molecule has 19 heavy (non-hydrogen) atoms. The van der Waals surface area contributed by atoms with Crippen molar-refractivity contribution in [3.05, 3.63) is 53.9 Å². The fourth-order valence-corrected chi connectivity index (χ4v) is 1.60. The minimum Gasteiger partial charge on any atom is -0.464 e. The van der Waals surface area contributed by atoms with Crippen LogP contribution in [0.5, 0.6) is 0 Å². The van der Waals surface area contributed by atoms with E-state index in [-0.39, 0.29) is 5.69 Å². The lowest BCUT2D eigenvalue weighted by molar-refractivity contribution is 0.0594. The van der Waals surface area contributed by atoms with Crippen molar-refractivity contribution in [3.8, 4) is 0 Å². The molecule has 0 fully saturated rings. The van der Waals surface area contributed by atoms with Crippen LogP contribution in [0.3, 0.4) is 0 Å². The predicted octanol–water partition coefficient (Wildman–Crippen LogP) is 2.06. The normalized spacial score (nSPS) is 9.95. The maximum absolute atomic E-state index is 11.4. The van der Waals surface area contributed by atoms with Crippen LogP contribution >= 0.6 is 0 Å². The number of methoxy groups -OCH3 is 1. The van der Waals surface area contributed by atoms with Gasteiger partial charge in [0.15, 0.2) is 0 Å². The summed E-state index contributed by atoms with van der Waals surface area (Å²) < 4.78 is 4.62. The number of carbonyl (C=O) groups excluding carboxylic acids is 1. The van der Waals surface area contributed by atoms with E-state index in [0.717, 1.165) is 16.9 Å². The molecule has 2 rings (SSSR count). The van der Waals surface area contributed by atoms with Crippen molar-refractivity contribution in [1.82, 2.24) is 4.98 Å². The summed E-state index contributed by atoms with van der Waals surface area (Å²) in [5.41, 5.74) is 8.56. The third-order valence-electron chi connectivity index (χ3n) is 2.63. The summed E-state index contributed by atoms with van der Waals surface area (Å²) in [6.45, 7) is 0.644. The van der Waals surface area contributed by atoms with Crippen LogP contribution in [0.25, 0.3) is 0 Å². The van der Waals surface area contributed by atoms with Crippen LogP contribution in [0.1, 0.15) is 16.1 Å². The van der Waals surface area contributed by atoms with Crippen molar-refractivity contribution in [1.29, 1.82) is 0 Å². The lowest BCUT2D eigenvalue weighted by atomic mass is 10.2. The van der Waals surface area contributed by atoms with Gasteiger partial charge in [0.1, 0.15) is 5.69 Å². The van der Waals surface area contributed by atoms with Crippen molar-refractivity contribution in [3.63, 3.8) is 0 Å². The first-order chi connectivity index (χ1) is 9.19. The van der Waals surface area contributed by atoms with Crippen LogP contribution < -0.4 is 11.1 Å². The second-order valence-electron chi connectivity index (χ2n) is 4.02. The van der Waals surface area contributed by atoms with E-state index in [1.54, 1.807) is 18.3 Å². The Labute approximate surface area is 111 Å². The predicted molar refractivity (Wildman–Crippen MR) is 73.8 cm³/mol. The molecule has 5 nitrogen and oxygen atoms in total. The molecule has 2 aromatic rings. The van der Waals surface area contributed by atoms with Crippen LogP contribution in [0, 0.1) is 0 Å². The first-order valence-corrected chi connectivity index (χ1v) is 5.81. The smallest absolute Gasteiger partial charge is 0.356 e. The summed E-state index contributed by atoms with van der Waals surface area (Å²) in [6.07, 6.45) is 1.57. The zero-order valence-electron chi connectivity index (χ0n) is 10.6. The molecule has 0 aliphatic rings. The molecule has 5 heteroatoms. The molecule has 0 unspecified atom stereocenters. The zero-order chi connectivity index (χ0) is 13.7. The first kappa shape index (κ1) is 12.9. The number of nitrogens with zero attached hydrogens (tertiary/aromatic N) is 1.